The summed E-state index contributed by atoms with van der Waals surface area (Å²) in [5.41, 5.74) is 5.90. The lowest BCUT2D eigenvalue weighted by molar-refractivity contribution is -0.136. The maximum Gasteiger partial charge on any atom is 0.407 e. The number of H-pyrrole nitrogens is 2. The summed E-state index contributed by atoms with van der Waals surface area (Å²) in [5, 5.41) is 6.42. The molecule has 0 bridgehead atoms. The fourth-order valence-corrected chi connectivity index (χ4v) is 8.18. The zero-order valence-corrected chi connectivity index (χ0v) is 33.5. The Bertz CT molecular complexity index is 2230. The lowest BCUT2D eigenvalue weighted by Crippen LogP contribution is -2.51. The molecule has 14 nitrogen and oxygen atoms in total. The van der Waals surface area contributed by atoms with Gasteiger partial charge in [-0.2, -0.15) is 0 Å². The highest BCUT2D eigenvalue weighted by Crippen LogP contribution is 2.39. The number of aromatic nitrogens is 4. The second-order valence-corrected chi connectivity index (χ2v) is 15.8. The lowest BCUT2D eigenvalue weighted by atomic mass is 9.98. The molecule has 5 atom stereocenters. The van der Waals surface area contributed by atoms with E-state index in [4.69, 9.17) is 14.1 Å². The molecule has 0 spiro atoms. The van der Waals surface area contributed by atoms with Crippen LogP contribution in [0.4, 0.5) is 9.59 Å². The number of likely N-dealkylation sites (tertiary alicyclic amines) is 2. The number of nitrogens with zero attached hydrogens (tertiary/aromatic N) is 4. The molecular weight excluding hydrogens is 731 g/mol. The van der Waals surface area contributed by atoms with E-state index in [0.717, 1.165) is 70.3 Å². The van der Waals surface area contributed by atoms with E-state index >= 15 is 0 Å². The van der Waals surface area contributed by atoms with E-state index in [2.05, 4.69) is 40.9 Å². The number of hydrogen-bond donors (Lipinski definition) is 4. The van der Waals surface area contributed by atoms with Crippen molar-refractivity contribution in [1.82, 2.24) is 40.4 Å². The number of imidazole rings is 2. The normalized spacial score (nSPS) is 18.1. The van der Waals surface area contributed by atoms with Crippen molar-refractivity contribution in [3.63, 3.8) is 0 Å². The van der Waals surface area contributed by atoms with E-state index in [0.29, 0.717) is 24.7 Å². The van der Waals surface area contributed by atoms with Gasteiger partial charge in [0.15, 0.2) is 0 Å². The molecule has 5 aromatic rings. The van der Waals surface area contributed by atoms with Gasteiger partial charge in [-0.25, -0.2) is 14.8 Å². The van der Waals surface area contributed by atoms with Gasteiger partial charge in [-0.05, 0) is 70.0 Å². The van der Waals surface area contributed by atoms with Crippen LogP contribution >= 0.6 is 9.24 Å². The van der Waals surface area contributed by atoms with E-state index in [1.54, 1.807) is 23.6 Å². The van der Waals surface area contributed by atoms with Gasteiger partial charge < -0.3 is 39.6 Å². The number of fused-ring (bicyclic) bond motifs is 1. The number of nitrogens with one attached hydrogen (secondary N) is 4. The Morgan fingerprint density at radius 3 is 1.88 bits per heavy atom. The molecule has 4 amide bonds. The molecule has 1 unspecified atom stereocenters. The molecule has 0 aliphatic carbocycles. The Kier molecular flexibility index (Phi) is 11.3. The first kappa shape index (κ1) is 38.8. The molecular formula is C41H49N8O6P. The van der Waals surface area contributed by atoms with Crippen molar-refractivity contribution in [2.75, 3.05) is 20.2 Å². The zero-order chi connectivity index (χ0) is 39.7. The Balaban J connectivity index is 1.08. The maximum absolute atomic E-state index is 13.6. The molecule has 2 saturated heterocycles. The molecule has 0 saturated carbocycles. The lowest BCUT2D eigenvalue weighted by Gasteiger charge is -2.30. The van der Waals surface area contributed by atoms with Crippen molar-refractivity contribution in [3.8, 4) is 33.6 Å². The van der Waals surface area contributed by atoms with E-state index in [9.17, 15) is 19.2 Å². The van der Waals surface area contributed by atoms with Crippen LogP contribution in [0.15, 0.2) is 65.5 Å². The molecule has 2 aliphatic heterocycles. The highest BCUT2D eigenvalue weighted by atomic mass is 31.0. The molecule has 2 fully saturated rings. The minimum absolute atomic E-state index is 0.0580. The Hall–Kier alpha value is -5.49. The number of amides is 4. The first-order valence-electron chi connectivity index (χ1n) is 19.2. The second-order valence-electron chi connectivity index (χ2n) is 15.2. The van der Waals surface area contributed by atoms with E-state index in [1.807, 2.05) is 69.0 Å². The molecule has 294 valence electrons. The van der Waals surface area contributed by atoms with Gasteiger partial charge in [0, 0.05) is 29.6 Å². The number of alkyl carbamates (subject to hydrolysis) is 1. The molecule has 0 radical (unpaired) electrons. The van der Waals surface area contributed by atoms with Gasteiger partial charge >= 0.3 is 6.09 Å². The van der Waals surface area contributed by atoms with Crippen LogP contribution in [0.1, 0.15) is 77.1 Å². The molecule has 5 heterocycles. The summed E-state index contributed by atoms with van der Waals surface area (Å²) in [5.74, 6) is 1.00. The largest absolute Gasteiger partial charge is 0.464 e. The number of rotatable bonds is 11. The Labute approximate surface area is 327 Å². The second kappa shape index (κ2) is 16.3. The van der Waals surface area contributed by atoms with Crippen LogP contribution in [0.5, 0.6) is 0 Å². The molecule has 2 aromatic carbocycles. The summed E-state index contributed by atoms with van der Waals surface area (Å²) in [6.07, 6.45) is 7.89. The number of benzene rings is 2. The topological polar surface area (TPSA) is 179 Å². The highest BCUT2D eigenvalue weighted by molar-refractivity contribution is 7.39. The predicted molar refractivity (Wildman–Crippen MR) is 215 cm³/mol. The van der Waals surface area contributed by atoms with Crippen LogP contribution in [-0.4, -0.2) is 85.6 Å². The van der Waals surface area contributed by atoms with Crippen molar-refractivity contribution in [2.24, 2.45) is 11.8 Å². The summed E-state index contributed by atoms with van der Waals surface area (Å²) in [6.45, 7) is 8.84. The Morgan fingerprint density at radius 2 is 1.30 bits per heavy atom. The highest BCUT2D eigenvalue weighted by Gasteiger charge is 2.39. The van der Waals surface area contributed by atoms with Crippen LogP contribution in [0.3, 0.4) is 0 Å². The zero-order valence-electron chi connectivity index (χ0n) is 32.3. The van der Waals surface area contributed by atoms with Crippen LogP contribution in [0.25, 0.3) is 44.6 Å². The van der Waals surface area contributed by atoms with Crippen LogP contribution in [0, 0.1) is 11.8 Å². The van der Waals surface area contributed by atoms with E-state index in [1.165, 1.54) is 7.11 Å². The fraction of sp³-hybridized carbons (Fsp3) is 0.415. The van der Waals surface area contributed by atoms with Crippen molar-refractivity contribution in [1.29, 1.82) is 0 Å². The number of aromatic amines is 2. The number of methoxy groups -OCH3 is 1. The number of carbonyl (C=O) groups is 4. The third kappa shape index (κ3) is 7.67. The SMILES string of the molecule is COC(=O)N[C@H](C(=O)N1CCC[C@H]1c1ncc(-c2ccc(-c3ccc(-c4cnc([C@@H]5CCCN5C(=O)[C@@H](NC(=O)P)C(C)C)[nH]4)c4ccoc34)cc2)[nH]1)C(C)C. The van der Waals surface area contributed by atoms with Gasteiger partial charge in [0.1, 0.15) is 29.3 Å². The minimum Gasteiger partial charge on any atom is -0.464 e. The van der Waals surface area contributed by atoms with Crippen molar-refractivity contribution >= 4 is 43.8 Å². The fourth-order valence-electron chi connectivity index (χ4n) is 8.00. The standard InChI is InChI=1S/C41H49N8O6P/c1-22(2)33(46-40(52)54-5)38(50)48-17-6-8-31(48)36-42-20-29(44-36)25-12-10-24(11-13-25)26-14-15-27(28-16-19-55-35(26)28)30-21-43-37(45-30)32-9-7-18-49(32)39(51)34(23(3)4)47-41(53)56/h10-16,19-23,31-34H,6-9,17-18,56H2,1-5H3,(H,42,44)(H,43,45)(H,46,52)(H,47,53)/t31-,32-,33-,34-/m0/s1. The monoisotopic (exact) mass is 780 g/mol. The number of carbonyl (C=O) groups excluding carboxylic acids is 4. The molecule has 4 N–H and O–H groups in total. The van der Waals surface area contributed by atoms with Crippen molar-refractivity contribution in [3.05, 3.63) is 72.8 Å². The van der Waals surface area contributed by atoms with Crippen LogP contribution in [0.2, 0.25) is 0 Å². The van der Waals surface area contributed by atoms with Crippen molar-refractivity contribution < 1.29 is 28.3 Å². The minimum atomic E-state index is -0.697. The summed E-state index contributed by atoms with van der Waals surface area (Å²) in [7, 11) is 3.38. The summed E-state index contributed by atoms with van der Waals surface area (Å²) >= 11 is 0. The summed E-state index contributed by atoms with van der Waals surface area (Å²) in [6, 6.07) is 12.5. The predicted octanol–water partition coefficient (Wildman–Crippen LogP) is 7.20. The summed E-state index contributed by atoms with van der Waals surface area (Å²) < 4.78 is 10.8. The van der Waals surface area contributed by atoms with Gasteiger partial charge in [-0.3, -0.25) is 14.4 Å². The number of furan rings is 1. The summed E-state index contributed by atoms with van der Waals surface area (Å²) in [4.78, 5) is 70.9. The first-order valence-corrected chi connectivity index (χ1v) is 19.8. The first-order chi connectivity index (χ1) is 26.9. The quantitative estimate of drug-likeness (QED) is 0.102. The third-order valence-corrected chi connectivity index (χ3v) is 11.1. The molecule has 15 heteroatoms. The van der Waals surface area contributed by atoms with Gasteiger partial charge in [0.05, 0.1) is 49.2 Å². The van der Waals surface area contributed by atoms with Crippen molar-refractivity contribution in [2.45, 2.75) is 77.5 Å². The van der Waals surface area contributed by atoms with Crippen LogP contribution < -0.4 is 10.6 Å². The van der Waals surface area contributed by atoms with Crippen LogP contribution in [-0.2, 0) is 14.3 Å². The Morgan fingerprint density at radius 1 is 0.768 bits per heavy atom. The molecule has 7 rings (SSSR count). The van der Waals surface area contributed by atoms with E-state index < -0.39 is 18.2 Å². The average molecular weight is 781 g/mol. The molecule has 3 aromatic heterocycles. The molecule has 2 aliphatic rings. The molecule has 56 heavy (non-hydrogen) atoms. The van der Waals surface area contributed by atoms with Gasteiger partial charge in [-0.15, -0.1) is 0 Å². The van der Waals surface area contributed by atoms with E-state index in [-0.39, 0.29) is 41.4 Å². The van der Waals surface area contributed by atoms with Gasteiger partial charge in [-0.1, -0.05) is 58.0 Å². The number of hydrogen-bond acceptors (Lipinski definition) is 8. The maximum atomic E-state index is 13.6. The smallest absolute Gasteiger partial charge is 0.407 e. The van der Waals surface area contributed by atoms with Gasteiger partial charge in [0.2, 0.25) is 17.5 Å². The van der Waals surface area contributed by atoms with Gasteiger partial charge in [0.25, 0.3) is 0 Å². The third-order valence-electron chi connectivity index (χ3n) is 10.9. The number of ether oxygens (including phenoxy) is 1. The average Bonchev–Trinajstić information content (AvgIpc) is 4.03.